The van der Waals surface area contributed by atoms with E-state index in [0.717, 1.165) is 21.4 Å². The molecule has 0 saturated carbocycles. The molecule has 3 heterocycles. The molecule has 1 aromatic carbocycles. The smallest absolute Gasteiger partial charge is 0.332 e. The zero-order chi connectivity index (χ0) is 20.2. The highest BCUT2D eigenvalue weighted by molar-refractivity contribution is 9.10. The molecule has 0 radical (unpaired) electrons. The number of aliphatic hydroxyl groups excluding tert-OH is 1. The Morgan fingerprint density at radius 2 is 1.75 bits per heavy atom. The Morgan fingerprint density at radius 1 is 1.07 bits per heavy atom. The second-order valence-corrected chi connectivity index (χ2v) is 7.74. The van der Waals surface area contributed by atoms with Crippen LogP contribution >= 0.6 is 15.9 Å². The number of halogens is 1. The number of fused-ring (bicyclic) bond motifs is 3. The highest BCUT2D eigenvalue weighted by atomic mass is 79.9. The Hall–Kier alpha value is -2.65. The predicted molar refractivity (Wildman–Crippen MR) is 110 cm³/mol. The van der Waals surface area contributed by atoms with Gasteiger partial charge in [-0.15, -0.1) is 0 Å². The topological polar surface area (TPSA) is 86.5 Å². The zero-order valence-electron chi connectivity index (χ0n) is 15.8. The van der Waals surface area contributed by atoms with Crippen molar-refractivity contribution in [3.05, 3.63) is 66.5 Å². The van der Waals surface area contributed by atoms with Gasteiger partial charge in [-0.1, -0.05) is 28.1 Å². The average molecular weight is 446 g/mol. The van der Waals surface area contributed by atoms with E-state index >= 15 is 0 Å². The molecule has 4 aromatic rings. The van der Waals surface area contributed by atoms with Gasteiger partial charge in [0.05, 0.1) is 13.2 Å². The fraction of sp³-hybridized carbons (Fsp3) is 0.316. The van der Waals surface area contributed by atoms with Crippen LogP contribution in [0.1, 0.15) is 17.0 Å². The Kier molecular flexibility index (Phi) is 4.51. The first kappa shape index (κ1) is 18.7. The minimum absolute atomic E-state index is 0.0411. The lowest BCUT2D eigenvalue weighted by Gasteiger charge is -2.09. The van der Waals surface area contributed by atoms with Crippen LogP contribution in [0.3, 0.4) is 0 Å². The molecule has 8 nitrogen and oxygen atoms in total. The summed E-state index contributed by atoms with van der Waals surface area (Å²) in [5.41, 5.74) is 2.55. The second kappa shape index (κ2) is 6.75. The molecule has 0 aliphatic carbocycles. The molecule has 1 N–H and O–H groups in total. The van der Waals surface area contributed by atoms with Crippen molar-refractivity contribution in [3.63, 3.8) is 0 Å². The maximum Gasteiger partial charge on any atom is 0.332 e. The molecule has 0 bridgehead atoms. The van der Waals surface area contributed by atoms with Crippen molar-refractivity contribution in [2.75, 3.05) is 6.61 Å². The number of benzene rings is 1. The highest BCUT2D eigenvalue weighted by Gasteiger charge is 2.22. The van der Waals surface area contributed by atoms with Crippen LogP contribution in [0.25, 0.3) is 16.9 Å². The van der Waals surface area contributed by atoms with Gasteiger partial charge in [-0.25, -0.2) is 4.79 Å². The van der Waals surface area contributed by atoms with E-state index in [1.807, 2.05) is 42.7 Å². The summed E-state index contributed by atoms with van der Waals surface area (Å²) in [5, 5.41) is 9.39. The monoisotopic (exact) mass is 445 g/mol. The van der Waals surface area contributed by atoms with E-state index in [2.05, 4.69) is 20.9 Å². The lowest BCUT2D eigenvalue weighted by molar-refractivity contribution is 0.276. The van der Waals surface area contributed by atoms with Gasteiger partial charge in [-0.2, -0.15) is 4.98 Å². The van der Waals surface area contributed by atoms with Gasteiger partial charge in [0.25, 0.3) is 5.56 Å². The summed E-state index contributed by atoms with van der Waals surface area (Å²) in [7, 11) is 1.62. The molecule has 0 amide bonds. The van der Waals surface area contributed by atoms with Crippen LogP contribution in [0.2, 0.25) is 0 Å². The molecule has 146 valence electrons. The van der Waals surface area contributed by atoms with Crippen LogP contribution in [-0.4, -0.2) is 34.8 Å². The summed E-state index contributed by atoms with van der Waals surface area (Å²) in [5.74, 6) is 0.549. The van der Waals surface area contributed by atoms with Gasteiger partial charge in [0.15, 0.2) is 11.2 Å². The molecule has 0 spiro atoms. The summed E-state index contributed by atoms with van der Waals surface area (Å²) in [6.45, 7) is 4.33. The summed E-state index contributed by atoms with van der Waals surface area (Å²) < 4.78 is 7.21. The summed E-state index contributed by atoms with van der Waals surface area (Å²) in [4.78, 5) is 30.7. The Morgan fingerprint density at radius 3 is 2.39 bits per heavy atom. The summed E-state index contributed by atoms with van der Waals surface area (Å²) in [6.07, 6.45) is 0. The van der Waals surface area contributed by atoms with Crippen LogP contribution in [0, 0.1) is 13.8 Å². The van der Waals surface area contributed by atoms with E-state index in [1.165, 1.54) is 9.13 Å². The minimum Gasteiger partial charge on any atom is -0.395 e. The third-order valence-electron chi connectivity index (χ3n) is 5.21. The van der Waals surface area contributed by atoms with Crippen LogP contribution in [0.15, 0.2) is 38.3 Å². The normalized spacial score (nSPS) is 11.8. The maximum atomic E-state index is 13.3. The zero-order valence-corrected chi connectivity index (χ0v) is 17.4. The molecule has 0 fully saturated rings. The molecule has 0 aliphatic heterocycles. The molecule has 0 aliphatic rings. The maximum absolute atomic E-state index is 13.3. The van der Waals surface area contributed by atoms with Gasteiger partial charge >= 0.3 is 5.69 Å². The number of aromatic nitrogens is 5. The van der Waals surface area contributed by atoms with Crippen LogP contribution in [0.5, 0.6) is 0 Å². The summed E-state index contributed by atoms with van der Waals surface area (Å²) in [6, 6.07) is 7.50. The summed E-state index contributed by atoms with van der Waals surface area (Å²) >= 11 is 3.39. The first-order valence-corrected chi connectivity index (χ1v) is 9.67. The second-order valence-electron chi connectivity index (χ2n) is 6.82. The Balaban J connectivity index is 2.04. The molecule has 0 saturated heterocycles. The lowest BCUT2D eigenvalue weighted by Crippen LogP contribution is -2.39. The lowest BCUT2D eigenvalue weighted by atomic mass is 10.2. The number of hydrogen-bond acceptors (Lipinski definition) is 4. The van der Waals surface area contributed by atoms with E-state index in [1.54, 1.807) is 11.4 Å². The Labute approximate surface area is 168 Å². The fourth-order valence-corrected chi connectivity index (χ4v) is 3.86. The molecular formula is C19H20BrN5O3. The molecule has 28 heavy (non-hydrogen) atoms. The predicted octanol–water partition coefficient (Wildman–Crippen LogP) is 1.57. The standard InChI is InChI=1S/C19H20BrN5O3/c1-11-12(2)25-15-16(21-18(25)23(11)8-9-26)22(3)19(28)24(17(15)27)10-13-4-6-14(20)7-5-13/h4-7,26H,8-10H2,1-3H3. The number of nitrogens with zero attached hydrogens (tertiary/aromatic N) is 5. The molecule has 9 heteroatoms. The number of aryl methyl sites for hydroxylation is 2. The number of hydrogen-bond donors (Lipinski definition) is 1. The number of imidazole rings is 2. The van der Waals surface area contributed by atoms with Gasteiger partial charge in [0, 0.05) is 29.5 Å². The van der Waals surface area contributed by atoms with Gasteiger partial charge in [0.1, 0.15) is 0 Å². The van der Waals surface area contributed by atoms with Crippen molar-refractivity contribution >= 4 is 32.9 Å². The van der Waals surface area contributed by atoms with E-state index < -0.39 is 5.69 Å². The highest BCUT2D eigenvalue weighted by Crippen LogP contribution is 2.20. The molecule has 0 atom stereocenters. The number of aliphatic hydroxyl groups is 1. The first-order chi connectivity index (χ1) is 13.3. The van der Waals surface area contributed by atoms with Gasteiger partial charge in [0.2, 0.25) is 5.78 Å². The van der Waals surface area contributed by atoms with E-state index in [-0.39, 0.29) is 18.7 Å². The van der Waals surface area contributed by atoms with Crippen molar-refractivity contribution in [1.29, 1.82) is 0 Å². The van der Waals surface area contributed by atoms with Gasteiger partial charge in [-0.05, 0) is 31.5 Å². The molecular weight excluding hydrogens is 426 g/mol. The Bertz CT molecular complexity index is 1320. The third kappa shape index (κ3) is 2.65. The first-order valence-electron chi connectivity index (χ1n) is 8.88. The van der Waals surface area contributed by atoms with Crippen molar-refractivity contribution in [3.8, 4) is 0 Å². The van der Waals surface area contributed by atoms with Crippen molar-refractivity contribution < 1.29 is 5.11 Å². The number of rotatable bonds is 4. The quantitative estimate of drug-likeness (QED) is 0.516. The van der Waals surface area contributed by atoms with Crippen LogP contribution in [0.4, 0.5) is 0 Å². The largest absolute Gasteiger partial charge is 0.395 e. The van der Waals surface area contributed by atoms with Crippen molar-refractivity contribution in [2.45, 2.75) is 26.9 Å². The minimum atomic E-state index is -0.413. The van der Waals surface area contributed by atoms with E-state index in [9.17, 15) is 14.7 Å². The van der Waals surface area contributed by atoms with Crippen LogP contribution < -0.4 is 11.2 Å². The van der Waals surface area contributed by atoms with Crippen LogP contribution in [-0.2, 0) is 20.1 Å². The van der Waals surface area contributed by atoms with Gasteiger partial charge < -0.3 is 9.67 Å². The SMILES string of the molecule is Cc1c(C)n2c3c(=O)n(Cc4ccc(Br)cc4)c(=O)n(C)c3nc2n1CCO. The van der Waals surface area contributed by atoms with E-state index in [0.29, 0.717) is 23.5 Å². The molecule has 3 aromatic heterocycles. The van der Waals surface area contributed by atoms with Crippen molar-refractivity contribution in [2.24, 2.45) is 7.05 Å². The van der Waals surface area contributed by atoms with E-state index in [4.69, 9.17) is 0 Å². The van der Waals surface area contributed by atoms with Crippen molar-refractivity contribution in [1.82, 2.24) is 23.1 Å². The average Bonchev–Trinajstić information content (AvgIpc) is 3.17. The molecule has 0 unspecified atom stereocenters. The van der Waals surface area contributed by atoms with Gasteiger partial charge in [-0.3, -0.25) is 18.3 Å². The fourth-order valence-electron chi connectivity index (χ4n) is 3.59. The molecule has 4 rings (SSSR count). The third-order valence-corrected chi connectivity index (χ3v) is 5.74.